The topological polar surface area (TPSA) is 41.1 Å². The van der Waals surface area contributed by atoms with E-state index in [1.165, 1.54) is 16.7 Å². The Hall–Kier alpha value is -1.78. The minimum absolute atomic E-state index is 0.123. The number of carbonyl (C=O) groups excluding carboxylic acids is 1. The van der Waals surface area contributed by atoms with E-state index in [4.69, 9.17) is 0 Å². The molecule has 1 aliphatic rings. The van der Waals surface area contributed by atoms with Gasteiger partial charge in [0.1, 0.15) is 0 Å². The van der Waals surface area contributed by atoms with Gasteiger partial charge in [-0.3, -0.25) is 4.79 Å². The molecule has 4 heteroatoms. The molecule has 0 aromatic heterocycles. The molecule has 24 heavy (non-hydrogen) atoms. The average molecular weight is 340 g/mol. The molecule has 2 aromatic carbocycles. The number of aryl methyl sites for hydroxylation is 1. The minimum atomic E-state index is 0.123. The molecular weight excluding hydrogens is 316 g/mol. The van der Waals surface area contributed by atoms with Crippen molar-refractivity contribution in [1.29, 1.82) is 0 Å². The van der Waals surface area contributed by atoms with Gasteiger partial charge in [0.15, 0.2) is 0 Å². The molecule has 1 saturated heterocycles. The van der Waals surface area contributed by atoms with Gasteiger partial charge in [-0.15, -0.1) is 0 Å². The van der Waals surface area contributed by atoms with Gasteiger partial charge >= 0.3 is 0 Å². The van der Waals surface area contributed by atoms with E-state index in [1.54, 1.807) is 0 Å². The predicted molar refractivity (Wildman–Crippen MR) is 102 cm³/mol. The number of thioether (sulfide) groups is 1. The SMILES string of the molecule is Cc1cccc(-c2ccc(CNC(=O)CC3CSCCN3)cc2)c1. The quantitative estimate of drug-likeness (QED) is 0.877. The lowest BCUT2D eigenvalue weighted by Crippen LogP contribution is -2.41. The Kier molecular flexibility index (Phi) is 5.94. The van der Waals surface area contributed by atoms with E-state index in [1.807, 2.05) is 11.8 Å². The van der Waals surface area contributed by atoms with Crippen LogP contribution >= 0.6 is 11.8 Å². The van der Waals surface area contributed by atoms with Gasteiger partial charge in [-0.05, 0) is 23.6 Å². The van der Waals surface area contributed by atoms with Crippen LogP contribution in [-0.2, 0) is 11.3 Å². The van der Waals surface area contributed by atoms with Crippen LogP contribution in [0, 0.1) is 6.92 Å². The molecule has 2 aromatic rings. The van der Waals surface area contributed by atoms with Gasteiger partial charge in [-0.2, -0.15) is 11.8 Å². The maximum absolute atomic E-state index is 12.1. The molecule has 0 aliphatic carbocycles. The number of nitrogens with one attached hydrogen (secondary N) is 2. The second kappa shape index (κ2) is 8.36. The number of hydrogen-bond donors (Lipinski definition) is 2. The first-order valence-corrected chi connectivity index (χ1v) is 9.60. The van der Waals surface area contributed by atoms with Crippen LogP contribution in [0.4, 0.5) is 0 Å². The fourth-order valence-corrected chi connectivity index (χ4v) is 3.84. The van der Waals surface area contributed by atoms with E-state index in [-0.39, 0.29) is 5.91 Å². The summed E-state index contributed by atoms with van der Waals surface area (Å²) in [5.41, 5.74) is 4.83. The highest BCUT2D eigenvalue weighted by Gasteiger charge is 2.16. The molecule has 0 spiro atoms. The second-order valence-electron chi connectivity index (χ2n) is 6.27. The summed E-state index contributed by atoms with van der Waals surface area (Å²) in [6, 6.07) is 17.2. The zero-order valence-corrected chi connectivity index (χ0v) is 14.9. The van der Waals surface area contributed by atoms with Gasteiger partial charge < -0.3 is 10.6 Å². The molecule has 126 valence electrons. The van der Waals surface area contributed by atoms with E-state index in [0.717, 1.165) is 23.6 Å². The van der Waals surface area contributed by atoms with Crippen molar-refractivity contribution >= 4 is 17.7 Å². The summed E-state index contributed by atoms with van der Waals surface area (Å²) in [5.74, 6) is 2.29. The van der Waals surface area contributed by atoms with Crippen molar-refractivity contribution in [3.05, 3.63) is 59.7 Å². The molecule has 1 unspecified atom stereocenters. The molecule has 0 saturated carbocycles. The number of amides is 1. The van der Waals surface area contributed by atoms with Gasteiger partial charge in [0.25, 0.3) is 0 Å². The summed E-state index contributed by atoms with van der Waals surface area (Å²) < 4.78 is 0. The van der Waals surface area contributed by atoms with Crippen molar-refractivity contribution < 1.29 is 4.79 Å². The van der Waals surface area contributed by atoms with Crippen LogP contribution in [0.25, 0.3) is 11.1 Å². The third-order valence-electron chi connectivity index (χ3n) is 4.23. The minimum Gasteiger partial charge on any atom is -0.352 e. The fourth-order valence-electron chi connectivity index (χ4n) is 2.89. The maximum Gasteiger partial charge on any atom is 0.221 e. The summed E-state index contributed by atoms with van der Waals surface area (Å²) in [6.07, 6.45) is 0.564. The van der Waals surface area contributed by atoms with Gasteiger partial charge in [-0.1, -0.05) is 54.1 Å². The van der Waals surface area contributed by atoms with Crippen molar-refractivity contribution in [2.45, 2.75) is 25.9 Å². The molecule has 1 heterocycles. The Morgan fingerprint density at radius 1 is 1.21 bits per heavy atom. The van der Waals surface area contributed by atoms with Crippen LogP contribution < -0.4 is 10.6 Å². The van der Waals surface area contributed by atoms with E-state index >= 15 is 0 Å². The van der Waals surface area contributed by atoms with Gasteiger partial charge in [0.05, 0.1) is 0 Å². The Labute approximate surface area is 148 Å². The zero-order valence-electron chi connectivity index (χ0n) is 14.0. The third kappa shape index (κ3) is 4.86. The van der Waals surface area contributed by atoms with Crippen LogP contribution in [0.2, 0.25) is 0 Å². The number of rotatable bonds is 5. The van der Waals surface area contributed by atoms with Crippen molar-refractivity contribution in [1.82, 2.24) is 10.6 Å². The van der Waals surface area contributed by atoms with Crippen LogP contribution in [0.15, 0.2) is 48.5 Å². The highest BCUT2D eigenvalue weighted by Crippen LogP contribution is 2.20. The molecule has 3 nitrogen and oxygen atoms in total. The van der Waals surface area contributed by atoms with E-state index in [9.17, 15) is 4.79 Å². The molecule has 0 bridgehead atoms. The molecule has 1 fully saturated rings. The monoisotopic (exact) mass is 340 g/mol. The predicted octanol–water partition coefficient (Wildman–Crippen LogP) is 3.37. The molecule has 3 rings (SSSR count). The average Bonchev–Trinajstić information content (AvgIpc) is 2.61. The van der Waals surface area contributed by atoms with E-state index in [2.05, 4.69) is 66.1 Å². The Morgan fingerprint density at radius 2 is 2.04 bits per heavy atom. The molecule has 1 amide bonds. The van der Waals surface area contributed by atoms with Crippen molar-refractivity contribution in [3.8, 4) is 11.1 Å². The summed E-state index contributed by atoms with van der Waals surface area (Å²) in [4.78, 5) is 12.1. The molecule has 1 atom stereocenters. The van der Waals surface area contributed by atoms with E-state index < -0.39 is 0 Å². The summed E-state index contributed by atoms with van der Waals surface area (Å²) in [6.45, 7) is 3.70. The Balaban J connectivity index is 1.51. The van der Waals surface area contributed by atoms with Crippen LogP contribution in [0.3, 0.4) is 0 Å². The Morgan fingerprint density at radius 3 is 2.75 bits per heavy atom. The van der Waals surface area contributed by atoms with Gasteiger partial charge in [0.2, 0.25) is 5.91 Å². The summed E-state index contributed by atoms with van der Waals surface area (Å²) in [5, 5.41) is 6.42. The summed E-state index contributed by atoms with van der Waals surface area (Å²) in [7, 11) is 0. The first-order valence-electron chi connectivity index (χ1n) is 8.44. The van der Waals surface area contributed by atoms with Crippen molar-refractivity contribution in [2.75, 3.05) is 18.1 Å². The molecule has 0 radical (unpaired) electrons. The Bertz CT molecular complexity index is 678. The highest BCUT2D eigenvalue weighted by atomic mass is 32.2. The second-order valence-corrected chi connectivity index (χ2v) is 7.42. The molecular formula is C20H24N2OS. The first kappa shape index (κ1) is 17.1. The third-order valence-corrected chi connectivity index (χ3v) is 5.36. The zero-order chi connectivity index (χ0) is 16.8. The first-order chi connectivity index (χ1) is 11.7. The number of benzene rings is 2. The van der Waals surface area contributed by atoms with Crippen molar-refractivity contribution in [3.63, 3.8) is 0 Å². The number of hydrogen-bond acceptors (Lipinski definition) is 3. The van der Waals surface area contributed by atoms with Gasteiger partial charge in [0, 0.05) is 37.1 Å². The molecule has 2 N–H and O–H groups in total. The largest absolute Gasteiger partial charge is 0.352 e. The smallest absolute Gasteiger partial charge is 0.221 e. The number of carbonyl (C=O) groups is 1. The van der Waals surface area contributed by atoms with Crippen LogP contribution in [0.5, 0.6) is 0 Å². The normalized spacial score (nSPS) is 17.5. The van der Waals surface area contributed by atoms with Crippen LogP contribution in [0.1, 0.15) is 17.5 Å². The maximum atomic E-state index is 12.1. The lowest BCUT2D eigenvalue weighted by molar-refractivity contribution is -0.121. The lowest BCUT2D eigenvalue weighted by Gasteiger charge is -2.22. The van der Waals surface area contributed by atoms with Gasteiger partial charge in [-0.25, -0.2) is 0 Å². The lowest BCUT2D eigenvalue weighted by atomic mass is 10.0. The van der Waals surface area contributed by atoms with E-state index in [0.29, 0.717) is 19.0 Å². The highest BCUT2D eigenvalue weighted by molar-refractivity contribution is 7.99. The summed E-state index contributed by atoms with van der Waals surface area (Å²) >= 11 is 1.92. The van der Waals surface area contributed by atoms with Crippen molar-refractivity contribution in [2.24, 2.45) is 0 Å². The molecule has 1 aliphatic heterocycles. The fraction of sp³-hybridized carbons (Fsp3) is 0.350. The standard InChI is InChI=1S/C20H24N2OS/c1-15-3-2-4-18(11-15)17-7-5-16(6-8-17)13-22-20(23)12-19-14-24-10-9-21-19/h2-8,11,19,21H,9-10,12-14H2,1H3,(H,22,23). The van der Waals surface area contributed by atoms with Crippen LogP contribution in [-0.4, -0.2) is 30.0 Å².